The molecule has 0 radical (unpaired) electrons. The van der Waals surface area contributed by atoms with Crippen molar-refractivity contribution < 1.29 is 4.42 Å². The molecule has 0 saturated heterocycles. The highest BCUT2D eigenvalue weighted by atomic mass is 32.2. The fourth-order valence-electron chi connectivity index (χ4n) is 1.70. The molecule has 0 saturated carbocycles. The molecule has 1 aromatic heterocycles. The van der Waals surface area contributed by atoms with E-state index in [0.29, 0.717) is 0 Å². The van der Waals surface area contributed by atoms with Crippen molar-refractivity contribution >= 4 is 11.8 Å². The van der Waals surface area contributed by atoms with Crippen LogP contribution >= 0.6 is 11.8 Å². The Morgan fingerprint density at radius 1 is 1.29 bits per heavy atom. The Balaban J connectivity index is 2.00. The second-order valence-electron chi connectivity index (χ2n) is 3.99. The molecule has 2 aromatic rings. The first kappa shape index (κ1) is 12.3. The molecule has 1 heterocycles. The SMILES string of the molecule is CNCc1ccc(SCc2ccco2)cc1C. The smallest absolute Gasteiger partial charge is 0.113 e. The predicted octanol–water partition coefficient (Wildman–Crippen LogP) is 3.60. The van der Waals surface area contributed by atoms with Gasteiger partial charge in [-0.1, -0.05) is 6.07 Å². The van der Waals surface area contributed by atoms with Gasteiger partial charge in [0.25, 0.3) is 0 Å². The van der Waals surface area contributed by atoms with Gasteiger partial charge in [0.1, 0.15) is 5.76 Å². The lowest BCUT2D eigenvalue weighted by atomic mass is 10.1. The lowest BCUT2D eigenvalue weighted by molar-refractivity contribution is 0.530. The number of nitrogens with one attached hydrogen (secondary N) is 1. The Labute approximate surface area is 106 Å². The van der Waals surface area contributed by atoms with E-state index in [1.54, 1.807) is 18.0 Å². The van der Waals surface area contributed by atoms with Crippen molar-refractivity contribution in [2.24, 2.45) is 0 Å². The molecule has 0 bridgehead atoms. The summed E-state index contributed by atoms with van der Waals surface area (Å²) >= 11 is 1.80. The number of benzene rings is 1. The highest BCUT2D eigenvalue weighted by molar-refractivity contribution is 7.98. The van der Waals surface area contributed by atoms with Crippen LogP contribution in [0, 0.1) is 6.92 Å². The summed E-state index contributed by atoms with van der Waals surface area (Å²) in [5, 5.41) is 3.18. The van der Waals surface area contributed by atoms with Crippen LogP contribution in [-0.2, 0) is 12.3 Å². The van der Waals surface area contributed by atoms with Gasteiger partial charge in [-0.15, -0.1) is 11.8 Å². The maximum Gasteiger partial charge on any atom is 0.113 e. The first-order valence-corrected chi connectivity index (χ1v) is 6.67. The molecule has 90 valence electrons. The lowest BCUT2D eigenvalue weighted by Gasteiger charge is -2.07. The molecule has 2 rings (SSSR count). The Bertz CT molecular complexity index is 465. The third kappa shape index (κ3) is 3.38. The van der Waals surface area contributed by atoms with Gasteiger partial charge in [0.05, 0.1) is 12.0 Å². The highest BCUT2D eigenvalue weighted by Crippen LogP contribution is 2.25. The van der Waals surface area contributed by atoms with Crippen LogP contribution in [0.15, 0.2) is 45.9 Å². The van der Waals surface area contributed by atoms with Crippen LogP contribution in [0.3, 0.4) is 0 Å². The number of hydrogen-bond donors (Lipinski definition) is 1. The molecule has 0 spiro atoms. The molecule has 0 aliphatic carbocycles. The van der Waals surface area contributed by atoms with E-state index in [0.717, 1.165) is 18.1 Å². The molecule has 0 aliphatic heterocycles. The van der Waals surface area contributed by atoms with Crippen LogP contribution in [-0.4, -0.2) is 7.05 Å². The molecule has 0 unspecified atom stereocenters. The topological polar surface area (TPSA) is 25.2 Å². The normalized spacial score (nSPS) is 10.7. The van der Waals surface area contributed by atoms with Gasteiger partial charge >= 0.3 is 0 Å². The zero-order chi connectivity index (χ0) is 12.1. The first-order chi connectivity index (χ1) is 8.29. The Morgan fingerprint density at radius 3 is 2.82 bits per heavy atom. The van der Waals surface area contributed by atoms with Gasteiger partial charge < -0.3 is 9.73 Å². The van der Waals surface area contributed by atoms with Gasteiger partial charge in [0.2, 0.25) is 0 Å². The number of furan rings is 1. The largest absolute Gasteiger partial charge is 0.468 e. The van der Waals surface area contributed by atoms with E-state index in [1.807, 2.05) is 19.2 Å². The molecule has 3 heteroatoms. The van der Waals surface area contributed by atoms with Crippen molar-refractivity contribution in [1.82, 2.24) is 5.32 Å². The monoisotopic (exact) mass is 247 g/mol. The van der Waals surface area contributed by atoms with E-state index >= 15 is 0 Å². The van der Waals surface area contributed by atoms with E-state index in [1.165, 1.54) is 16.0 Å². The van der Waals surface area contributed by atoms with Crippen molar-refractivity contribution in [3.63, 3.8) is 0 Å². The van der Waals surface area contributed by atoms with Crippen molar-refractivity contribution in [3.05, 3.63) is 53.5 Å². The van der Waals surface area contributed by atoms with Crippen LogP contribution in [0.25, 0.3) is 0 Å². The average Bonchev–Trinajstić information content (AvgIpc) is 2.83. The van der Waals surface area contributed by atoms with Gasteiger partial charge in [-0.3, -0.25) is 0 Å². The maximum atomic E-state index is 5.32. The molecule has 0 amide bonds. The van der Waals surface area contributed by atoms with Gasteiger partial charge in [-0.25, -0.2) is 0 Å². The molecule has 0 atom stereocenters. The van der Waals surface area contributed by atoms with E-state index < -0.39 is 0 Å². The summed E-state index contributed by atoms with van der Waals surface area (Å²) in [6.45, 7) is 3.08. The fraction of sp³-hybridized carbons (Fsp3) is 0.286. The molecular formula is C14H17NOS. The highest BCUT2D eigenvalue weighted by Gasteiger charge is 2.02. The Kier molecular flexibility index (Phi) is 4.29. The minimum Gasteiger partial charge on any atom is -0.468 e. The van der Waals surface area contributed by atoms with Crippen LogP contribution in [0.5, 0.6) is 0 Å². The van der Waals surface area contributed by atoms with Gasteiger partial charge in [0, 0.05) is 11.4 Å². The van der Waals surface area contributed by atoms with E-state index in [9.17, 15) is 0 Å². The second kappa shape index (κ2) is 5.94. The van der Waals surface area contributed by atoms with Crippen LogP contribution < -0.4 is 5.32 Å². The van der Waals surface area contributed by atoms with E-state index in [4.69, 9.17) is 4.42 Å². The van der Waals surface area contributed by atoms with Crippen LogP contribution in [0.1, 0.15) is 16.9 Å². The first-order valence-electron chi connectivity index (χ1n) is 5.69. The van der Waals surface area contributed by atoms with Crippen LogP contribution in [0.2, 0.25) is 0 Å². The van der Waals surface area contributed by atoms with E-state index in [-0.39, 0.29) is 0 Å². The van der Waals surface area contributed by atoms with Gasteiger partial charge in [-0.05, 0) is 49.4 Å². The fourth-order valence-corrected chi connectivity index (χ4v) is 2.59. The Morgan fingerprint density at radius 2 is 2.18 bits per heavy atom. The number of rotatable bonds is 5. The minimum absolute atomic E-state index is 0.887. The summed E-state index contributed by atoms with van der Waals surface area (Å²) in [5.41, 5.74) is 2.69. The summed E-state index contributed by atoms with van der Waals surface area (Å²) in [4.78, 5) is 1.29. The third-order valence-electron chi connectivity index (χ3n) is 2.64. The summed E-state index contributed by atoms with van der Waals surface area (Å²) in [6.07, 6.45) is 1.72. The third-order valence-corrected chi connectivity index (χ3v) is 3.66. The maximum absolute atomic E-state index is 5.32. The zero-order valence-electron chi connectivity index (χ0n) is 10.2. The second-order valence-corrected chi connectivity index (χ2v) is 5.04. The van der Waals surface area contributed by atoms with Gasteiger partial charge in [0.15, 0.2) is 0 Å². The molecule has 1 N–H and O–H groups in total. The van der Waals surface area contributed by atoms with Crippen molar-refractivity contribution in [3.8, 4) is 0 Å². The van der Waals surface area contributed by atoms with E-state index in [2.05, 4.69) is 30.4 Å². The summed E-state index contributed by atoms with van der Waals surface area (Å²) in [7, 11) is 1.97. The summed E-state index contributed by atoms with van der Waals surface area (Å²) < 4.78 is 5.32. The molecule has 2 nitrogen and oxygen atoms in total. The quantitative estimate of drug-likeness (QED) is 0.817. The summed E-state index contributed by atoms with van der Waals surface area (Å²) in [5.74, 6) is 1.91. The predicted molar refractivity (Wildman–Crippen MR) is 72.2 cm³/mol. The number of hydrogen-bond acceptors (Lipinski definition) is 3. The number of aryl methyl sites for hydroxylation is 1. The van der Waals surface area contributed by atoms with Crippen molar-refractivity contribution in [1.29, 1.82) is 0 Å². The van der Waals surface area contributed by atoms with Crippen LogP contribution in [0.4, 0.5) is 0 Å². The average molecular weight is 247 g/mol. The molecule has 0 fully saturated rings. The van der Waals surface area contributed by atoms with Gasteiger partial charge in [-0.2, -0.15) is 0 Å². The Hall–Kier alpha value is -1.19. The zero-order valence-corrected chi connectivity index (χ0v) is 11.0. The minimum atomic E-state index is 0.887. The molecule has 1 aromatic carbocycles. The molecule has 17 heavy (non-hydrogen) atoms. The number of thioether (sulfide) groups is 1. The lowest BCUT2D eigenvalue weighted by Crippen LogP contribution is -2.06. The molecule has 0 aliphatic rings. The summed E-state index contributed by atoms with van der Waals surface area (Å²) in [6, 6.07) is 10.5. The van der Waals surface area contributed by atoms with Crippen molar-refractivity contribution in [2.45, 2.75) is 24.1 Å². The molecular weight excluding hydrogens is 230 g/mol. The van der Waals surface area contributed by atoms with Crippen molar-refractivity contribution in [2.75, 3.05) is 7.05 Å². The standard InChI is InChI=1S/C14H17NOS/c1-11-8-14(6-5-12(11)9-15-2)17-10-13-4-3-7-16-13/h3-8,15H,9-10H2,1-2H3.